The Bertz CT molecular complexity index is 651. The summed E-state index contributed by atoms with van der Waals surface area (Å²) < 4.78 is 0. The van der Waals surface area contributed by atoms with Crippen LogP contribution in [-0.4, -0.2) is 0 Å². The number of hydrogen-bond acceptors (Lipinski definition) is 2. The Morgan fingerprint density at radius 2 is 1.75 bits per heavy atom. The molecule has 2 rings (SSSR count). The summed E-state index contributed by atoms with van der Waals surface area (Å²) in [5.74, 6) is 0. The normalized spacial score (nSPS) is 11.8. The number of halogens is 1. The van der Waals surface area contributed by atoms with Gasteiger partial charge in [0.05, 0.1) is 11.3 Å². The molecule has 0 saturated carbocycles. The first-order valence-electron chi connectivity index (χ1n) is 6.54. The van der Waals surface area contributed by atoms with Gasteiger partial charge >= 0.3 is 0 Å². The minimum absolute atomic E-state index is 0.110. The fourth-order valence-electron chi connectivity index (χ4n) is 2.31. The molecule has 0 fully saturated rings. The van der Waals surface area contributed by atoms with Crippen LogP contribution in [0.15, 0.2) is 36.4 Å². The van der Waals surface area contributed by atoms with E-state index in [4.69, 9.17) is 16.9 Å². The SMILES string of the molecule is Cc1cc(C)cc(C(C)Nc2cc(Cl)ccc2C#N)c1. The van der Waals surface area contributed by atoms with E-state index in [0.717, 1.165) is 5.69 Å². The highest BCUT2D eigenvalue weighted by Crippen LogP contribution is 2.26. The maximum atomic E-state index is 9.15. The van der Waals surface area contributed by atoms with Gasteiger partial charge in [-0.1, -0.05) is 40.9 Å². The molecule has 0 saturated heterocycles. The van der Waals surface area contributed by atoms with Crippen LogP contribution >= 0.6 is 11.6 Å². The molecule has 2 aromatic rings. The summed E-state index contributed by atoms with van der Waals surface area (Å²) >= 11 is 6.00. The molecule has 0 bridgehead atoms. The number of anilines is 1. The fraction of sp³-hybridized carbons (Fsp3) is 0.235. The molecule has 0 aliphatic rings. The highest BCUT2D eigenvalue weighted by Gasteiger charge is 2.10. The van der Waals surface area contributed by atoms with Crippen LogP contribution in [0, 0.1) is 25.2 Å². The van der Waals surface area contributed by atoms with Gasteiger partial charge in [-0.25, -0.2) is 0 Å². The molecule has 20 heavy (non-hydrogen) atoms. The molecular formula is C17H17ClN2. The molecule has 0 radical (unpaired) electrons. The average molecular weight is 285 g/mol. The first-order chi connectivity index (χ1) is 9.49. The first kappa shape index (κ1) is 14.4. The summed E-state index contributed by atoms with van der Waals surface area (Å²) in [6.45, 7) is 6.25. The number of nitrogens with zero attached hydrogens (tertiary/aromatic N) is 1. The summed E-state index contributed by atoms with van der Waals surface area (Å²) in [6, 6.07) is 14.0. The molecule has 0 heterocycles. The number of hydrogen-bond donors (Lipinski definition) is 1. The molecule has 1 unspecified atom stereocenters. The van der Waals surface area contributed by atoms with Gasteiger partial charge in [0, 0.05) is 11.1 Å². The van der Waals surface area contributed by atoms with Crippen molar-refractivity contribution in [1.82, 2.24) is 0 Å². The largest absolute Gasteiger partial charge is 0.377 e. The van der Waals surface area contributed by atoms with Crippen LogP contribution in [0.3, 0.4) is 0 Å². The Hall–Kier alpha value is -1.98. The molecule has 102 valence electrons. The summed E-state index contributed by atoms with van der Waals surface area (Å²) in [5, 5.41) is 13.1. The Kier molecular flexibility index (Phi) is 4.32. The minimum Gasteiger partial charge on any atom is -0.377 e. The molecule has 1 N–H and O–H groups in total. The van der Waals surface area contributed by atoms with E-state index in [2.05, 4.69) is 50.4 Å². The van der Waals surface area contributed by atoms with Crippen molar-refractivity contribution < 1.29 is 0 Å². The third kappa shape index (κ3) is 3.31. The van der Waals surface area contributed by atoms with Crippen molar-refractivity contribution in [1.29, 1.82) is 5.26 Å². The van der Waals surface area contributed by atoms with Crippen LogP contribution in [0.25, 0.3) is 0 Å². The van der Waals surface area contributed by atoms with Crippen molar-refractivity contribution in [3.05, 3.63) is 63.7 Å². The third-order valence-electron chi connectivity index (χ3n) is 3.22. The molecule has 0 amide bonds. The number of benzene rings is 2. The van der Waals surface area contributed by atoms with Crippen molar-refractivity contribution >= 4 is 17.3 Å². The predicted molar refractivity (Wildman–Crippen MR) is 84.1 cm³/mol. The minimum atomic E-state index is 0.110. The lowest BCUT2D eigenvalue weighted by Gasteiger charge is -2.18. The van der Waals surface area contributed by atoms with E-state index < -0.39 is 0 Å². The molecule has 2 aromatic carbocycles. The number of rotatable bonds is 3. The molecule has 2 nitrogen and oxygen atoms in total. The van der Waals surface area contributed by atoms with Crippen LogP contribution in [0.5, 0.6) is 0 Å². The Morgan fingerprint density at radius 3 is 2.35 bits per heavy atom. The lowest BCUT2D eigenvalue weighted by molar-refractivity contribution is 0.880. The Morgan fingerprint density at radius 1 is 1.10 bits per heavy atom. The highest BCUT2D eigenvalue weighted by molar-refractivity contribution is 6.30. The van der Waals surface area contributed by atoms with Crippen molar-refractivity contribution in [2.45, 2.75) is 26.8 Å². The summed E-state index contributed by atoms with van der Waals surface area (Å²) in [7, 11) is 0. The van der Waals surface area contributed by atoms with Gasteiger partial charge in [-0.3, -0.25) is 0 Å². The Labute approximate surface area is 125 Å². The Balaban J connectivity index is 2.30. The first-order valence-corrected chi connectivity index (χ1v) is 6.92. The number of aryl methyl sites for hydroxylation is 2. The molecule has 0 aromatic heterocycles. The summed E-state index contributed by atoms with van der Waals surface area (Å²) in [6.07, 6.45) is 0. The van der Waals surface area contributed by atoms with Gasteiger partial charge in [0.15, 0.2) is 0 Å². The van der Waals surface area contributed by atoms with Gasteiger partial charge in [-0.05, 0) is 44.5 Å². The maximum absolute atomic E-state index is 9.15. The fourth-order valence-corrected chi connectivity index (χ4v) is 2.48. The van der Waals surface area contributed by atoms with Gasteiger partial charge in [-0.2, -0.15) is 5.26 Å². The molecule has 1 atom stereocenters. The summed E-state index contributed by atoms with van der Waals surface area (Å²) in [4.78, 5) is 0. The van der Waals surface area contributed by atoms with E-state index >= 15 is 0 Å². The lowest BCUT2D eigenvalue weighted by atomic mass is 10.0. The van der Waals surface area contributed by atoms with E-state index in [1.807, 2.05) is 0 Å². The van der Waals surface area contributed by atoms with Crippen LogP contribution in [-0.2, 0) is 0 Å². The van der Waals surface area contributed by atoms with E-state index in [1.165, 1.54) is 16.7 Å². The molecule has 0 spiro atoms. The zero-order valence-electron chi connectivity index (χ0n) is 11.9. The van der Waals surface area contributed by atoms with Gasteiger partial charge in [0.2, 0.25) is 0 Å². The quantitative estimate of drug-likeness (QED) is 0.861. The standard InChI is InChI=1S/C17H17ClN2/c1-11-6-12(2)8-15(7-11)13(3)20-17-9-16(18)5-4-14(17)10-19/h4-9,13,20H,1-3H3. The second-order valence-corrected chi connectivity index (χ2v) is 5.53. The lowest BCUT2D eigenvalue weighted by Crippen LogP contribution is -2.08. The predicted octanol–water partition coefficient (Wildman–Crippen LogP) is 5.00. The number of nitrogens with one attached hydrogen (secondary N) is 1. The smallest absolute Gasteiger partial charge is 0.101 e. The van der Waals surface area contributed by atoms with Crippen molar-refractivity contribution in [3.63, 3.8) is 0 Å². The third-order valence-corrected chi connectivity index (χ3v) is 3.45. The second-order valence-electron chi connectivity index (χ2n) is 5.09. The van der Waals surface area contributed by atoms with Crippen molar-refractivity contribution in [3.8, 4) is 6.07 Å². The van der Waals surface area contributed by atoms with E-state index in [1.54, 1.807) is 18.2 Å². The monoisotopic (exact) mass is 284 g/mol. The maximum Gasteiger partial charge on any atom is 0.101 e. The summed E-state index contributed by atoms with van der Waals surface area (Å²) in [5.41, 5.74) is 5.05. The topological polar surface area (TPSA) is 35.8 Å². The van der Waals surface area contributed by atoms with Gasteiger partial charge < -0.3 is 5.32 Å². The zero-order chi connectivity index (χ0) is 14.7. The van der Waals surface area contributed by atoms with E-state index in [9.17, 15) is 0 Å². The highest BCUT2D eigenvalue weighted by atomic mass is 35.5. The van der Waals surface area contributed by atoms with E-state index in [0.29, 0.717) is 10.6 Å². The molecular weight excluding hydrogens is 268 g/mol. The molecule has 3 heteroatoms. The van der Waals surface area contributed by atoms with Gasteiger partial charge in [0.1, 0.15) is 6.07 Å². The van der Waals surface area contributed by atoms with Crippen molar-refractivity contribution in [2.75, 3.05) is 5.32 Å². The second kappa shape index (κ2) is 5.98. The van der Waals surface area contributed by atoms with Gasteiger partial charge in [0.25, 0.3) is 0 Å². The van der Waals surface area contributed by atoms with Gasteiger partial charge in [-0.15, -0.1) is 0 Å². The van der Waals surface area contributed by atoms with Crippen LogP contribution in [0.4, 0.5) is 5.69 Å². The zero-order valence-corrected chi connectivity index (χ0v) is 12.6. The average Bonchev–Trinajstić information content (AvgIpc) is 2.37. The van der Waals surface area contributed by atoms with Crippen molar-refractivity contribution in [2.24, 2.45) is 0 Å². The number of nitriles is 1. The van der Waals surface area contributed by atoms with Crippen LogP contribution < -0.4 is 5.32 Å². The van der Waals surface area contributed by atoms with Crippen LogP contribution in [0.2, 0.25) is 5.02 Å². The van der Waals surface area contributed by atoms with Crippen LogP contribution in [0.1, 0.15) is 35.2 Å². The molecule has 0 aliphatic heterocycles. The van der Waals surface area contributed by atoms with E-state index in [-0.39, 0.29) is 6.04 Å². The molecule has 0 aliphatic carbocycles.